The number of rotatable bonds is 5. The Morgan fingerprint density at radius 2 is 1.46 bits per heavy atom. The van der Waals surface area contributed by atoms with Gasteiger partial charge < -0.3 is 10.2 Å². The maximum Gasteiger partial charge on any atom is 0.260 e. The molecule has 0 aromatic heterocycles. The third kappa shape index (κ3) is 3.18. The van der Waals surface area contributed by atoms with E-state index in [-0.39, 0.29) is 18.6 Å². The van der Waals surface area contributed by atoms with Gasteiger partial charge >= 0.3 is 0 Å². The minimum absolute atomic E-state index is 0.0785. The molecule has 0 saturated heterocycles. The van der Waals surface area contributed by atoms with E-state index >= 15 is 0 Å². The largest absolute Gasteiger partial charge is 0.385 e. The number of carbonyl (C=O) groups excluding carboxylic acids is 1. The van der Waals surface area contributed by atoms with Gasteiger partial charge in [0.05, 0.1) is 0 Å². The Hall–Kier alpha value is -2.62. The van der Waals surface area contributed by atoms with Gasteiger partial charge in [-0.05, 0) is 24.0 Å². The first-order chi connectivity index (χ1) is 11.6. The lowest BCUT2D eigenvalue weighted by Gasteiger charge is -2.16. The molecule has 3 rings (SSSR count). The molecule has 124 valence electrons. The highest BCUT2D eigenvalue weighted by Crippen LogP contribution is 2.36. The molecule has 4 nitrogen and oxygen atoms in total. The summed E-state index contributed by atoms with van der Waals surface area (Å²) < 4.78 is 0. The van der Waals surface area contributed by atoms with Crippen molar-refractivity contribution in [1.29, 1.82) is 0 Å². The fraction of sp³-hybridized carbons (Fsp3) is 0.300. The minimum Gasteiger partial charge on any atom is -0.385 e. The van der Waals surface area contributed by atoms with Crippen LogP contribution in [0.5, 0.6) is 0 Å². The smallest absolute Gasteiger partial charge is 0.260 e. The normalized spacial score (nSPS) is 13.2. The Morgan fingerprint density at radius 3 is 1.96 bits per heavy atom. The topological polar surface area (TPSA) is 50.7 Å². The Kier molecular flexibility index (Phi) is 4.65. The molecule has 0 heterocycles. The average Bonchev–Trinajstić information content (AvgIpc) is 2.89. The van der Waals surface area contributed by atoms with E-state index in [1.165, 1.54) is 0 Å². The Balaban J connectivity index is 1.75. The summed E-state index contributed by atoms with van der Waals surface area (Å²) in [7, 11) is 0. The van der Waals surface area contributed by atoms with Crippen LogP contribution in [0.15, 0.2) is 53.7 Å². The number of carbonyl (C=O) groups is 1. The van der Waals surface area contributed by atoms with Crippen LogP contribution in [0, 0.1) is 5.92 Å². The van der Waals surface area contributed by atoms with Crippen molar-refractivity contribution < 1.29 is 9.63 Å². The van der Waals surface area contributed by atoms with Crippen molar-refractivity contribution >= 4 is 11.6 Å². The lowest BCUT2D eigenvalue weighted by atomic mass is 10.1. The third-order valence-electron chi connectivity index (χ3n) is 4.39. The second-order valence-electron chi connectivity index (χ2n) is 6.40. The van der Waals surface area contributed by atoms with Gasteiger partial charge in [-0.2, -0.15) is 0 Å². The van der Waals surface area contributed by atoms with E-state index in [0.29, 0.717) is 5.92 Å². The zero-order chi connectivity index (χ0) is 17.1. The molecule has 2 aromatic carbocycles. The molecule has 0 fully saturated rings. The second-order valence-corrected chi connectivity index (χ2v) is 6.40. The molecule has 2 aromatic rings. The molecule has 1 amide bonds. The molecule has 0 aliphatic heterocycles. The first-order valence-corrected chi connectivity index (χ1v) is 8.26. The van der Waals surface area contributed by atoms with E-state index in [0.717, 1.165) is 28.0 Å². The number of hydrogen-bond acceptors (Lipinski definition) is 3. The molecule has 24 heavy (non-hydrogen) atoms. The SMILES string of the molecule is CC(C)C(C)NC(=O)CON=C1c2ccccc2-c2ccccc21. The van der Waals surface area contributed by atoms with Gasteiger partial charge in [0.25, 0.3) is 5.91 Å². The van der Waals surface area contributed by atoms with Gasteiger partial charge in [-0.25, -0.2) is 0 Å². The van der Waals surface area contributed by atoms with Crippen LogP contribution < -0.4 is 5.32 Å². The van der Waals surface area contributed by atoms with Gasteiger partial charge in [-0.15, -0.1) is 0 Å². The predicted molar refractivity (Wildman–Crippen MR) is 95.9 cm³/mol. The molecular formula is C20H22N2O2. The summed E-state index contributed by atoms with van der Waals surface area (Å²) in [6, 6.07) is 16.3. The standard InChI is InChI=1S/C20H22N2O2/c1-13(2)14(3)21-19(23)12-24-22-20-17-10-6-4-8-15(17)16-9-5-7-11-18(16)20/h4-11,13-14H,12H2,1-3H3,(H,21,23). The Labute approximate surface area is 142 Å². The maximum absolute atomic E-state index is 11.9. The van der Waals surface area contributed by atoms with Crippen LogP contribution in [0.2, 0.25) is 0 Å². The van der Waals surface area contributed by atoms with Crippen LogP contribution in [0.3, 0.4) is 0 Å². The molecule has 0 saturated carbocycles. The Morgan fingerprint density at radius 1 is 0.958 bits per heavy atom. The van der Waals surface area contributed by atoms with E-state index in [1.54, 1.807) is 0 Å². The number of fused-ring (bicyclic) bond motifs is 3. The van der Waals surface area contributed by atoms with Crippen LogP contribution >= 0.6 is 0 Å². The number of nitrogens with one attached hydrogen (secondary N) is 1. The fourth-order valence-electron chi connectivity index (χ4n) is 2.71. The number of amides is 1. The zero-order valence-corrected chi connectivity index (χ0v) is 14.2. The monoisotopic (exact) mass is 322 g/mol. The van der Waals surface area contributed by atoms with Gasteiger partial charge in [0.2, 0.25) is 0 Å². The van der Waals surface area contributed by atoms with Crippen LogP contribution in [-0.2, 0) is 9.63 Å². The molecular weight excluding hydrogens is 300 g/mol. The lowest BCUT2D eigenvalue weighted by Crippen LogP contribution is -2.38. The van der Waals surface area contributed by atoms with Crippen molar-refractivity contribution in [2.75, 3.05) is 6.61 Å². The summed E-state index contributed by atoms with van der Waals surface area (Å²) in [5.41, 5.74) is 5.15. The number of benzene rings is 2. The van der Waals surface area contributed by atoms with Crippen LogP contribution in [-0.4, -0.2) is 24.3 Å². The summed E-state index contributed by atoms with van der Waals surface area (Å²) in [5, 5.41) is 7.16. The van der Waals surface area contributed by atoms with E-state index in [9.17, 15) is 4.79 Å². The number of hydrogen-bond donors (Lipinski definition) is 1. The van der Waals surface area contributed by atoms with Crippen LogP contribution in [0.1, 0.15) is 31.9 Å². The van der Waals surface area contributed by atoms with Crippen molar-refractivity contribution in [3.63, 3.8) is 0 Å². The molecule has 1 N–H and O–H groups in total. The van der Waals surface area contributed by atoms with Gasteiger partial charge in [0.1, 0.15) is 5.71 Å². The average molecular weight is 322 g/mol. The van der Waals surface area contributed by atoms with Gasteiger partial charge in [0, 0.05) is 17.2 Å². The quantitative estimate of drug-likeness (QED) is 0.730. The van der Waals surface area contributed by atoms with Crippen LogP contribution in [0.4, 0.5) is 0 Å². The Bertz CT molecular complexity index is 733. The second kappa shape index (κ2) is 6.87. The summed E-state index contributed by atoms with van der Waals surface area (Å²) in [6.07, 6.45) is 0. The van der Waals surface area contributed by atoms with E-state index in [4.69, 9.17) is 4.84 Å². The van der Waals surface area contributed by atoms with Crippen molar-refractivity contribution in [3.05, 3.63) is 59.7 Å². The lowest BCUT2D eigenvalue weighted by molar-refractivity contribution is -0.126. The van der Waals surface area contributed by atoms with Crippen molar-refractivity contribution in [1.82, 2.24) is 5.32 Å². The van der Waals surface area contributed by atoms with E-state index < -0.39 is 0 Å². The summed E-state index contributed by atoms with van der Waals surface area (Å²) in [4.78, 5) is 17.3. The minimum atomic E-state index is -0.153. The third-order valence-corrected chi connectivity index (χ3v) is 4.39. The first kappa shape index (κ1) is 16.2. The number of oxime groups is 1. The predicted octanol–water partition coefficient (Wildman–Crippen LogP) is 3.60. The molecule has 1 unspecified atom stereocenters. The molecule has 1 aliphatic rings. The molecule has 4 heteroatoms. The maximum atomic E-state index is 11.9. The highest BCUT2D eigenvalue weighted by atomic mass is 16.6. The van der Waals surface area contributed by atoms with Gasteiger partial charge in [0.15, 0.2) is 6.61 Å². The molecule has 1 aliphatic carbocycles. The van der Waals surface area contributed by atoms with E-state index in [1.807, 2.05) is 43.3 Å². The molecule has 0 spiro atoms. The zero-order valence-electron chi connectivity index (χ0n) is 14.2. The highest BCUT2D eigenvalue weighted by Gasteiger charge is 2.24. The molecule has 0 bridgehead atoms. The first-order valence-electron chi connectivity index (χ1n) is 8.26. The molecule has 0 radical (unpaired) electrons. The van der Waals surface area contributed by atoms with E-state index in [2.05, 4.69) is 36.5 Å². The summed E-state index contributed by atoms with van der Waals surface area (Å²) >= 11 is 0. The fourth-order valence-corrected chi connectivity index (χ4v) is 2.71. The number of nitrogens with zero attached hydrogens (tertiary/aromatic N) is 1. The van der Waals surface area contributed by atoms with Gasteiger partial charge in [-0.3, -0.25) is 4.79 Å². The van der Waals surface area contributed by atoms with Crippen molar-refractivity contribution in [3.8, 4) is 11.1 Å². The van der Waals surface area contributed by atoms with Crippen LogP contribution in [0.25, 0.3) is 11.1 Å². The van der Waals surface area contributed by atoms with Gasteiger partial charge in [-0.1, -0.05) is 67.5 Å². The molecule has 1 atom stereocenters. The summed E-state index contributed by atoms with van der Waals surface area (Å²) in [6.45, 7) is 6.04. The van der Waals surface area contributed by atoms with Crippen molar-refractivity contribution in [2.24, 2.45) is 11.1 Å². The summed E-state index contributed by atoms with van der Waals surface area (Å²) in [5.74, 6) is 0.231. The van der Waals surface area contributed by atoms with Crippen molar-refractivity contribution in [2.45, 2.75) is 26.8 Å². The highest BCUT2D eigenvalue weighted by molar-refractivity contribution is 6.24.